The zero-order chi connectivity index (χ0) is 12.8. The van der Waals surface area contributed by atoms with Crippen molar-refractivity contribution in [2.75, 3.05) is 5.33 Å². The molecule has 94 valence electrons. The van der Waals surface area contributed by atoms with E-state index in [1.165, 1.54) is 5.56 Å². The highest BCUT2D eigenvalue weighted by molar-refractivity contribution is 9.09. The van der Waals surface area contributed by atoms with Gasteiger partial charge >= 0.3 is 0 Å². The van der Waals surface area contributed by atoms with E-state index >= 15 is 0 Å². The minimum Gasteiger partial charge on any atom is -0.353 e. The summed E-state index contributed by atoms with van der Waals surface area (Å²) < 4.78 is 0. The van der Waals surface area contributed by atoms with Gasteiger partial charge in [0.1, 0.15) is 0 Å². The Morgan fingerprint density at radius 2 is 1.88 bits per heavy atom. The molecule has 0 aliphatic heterocycles. The van der Waals surface area contributed by atoms with E-state index in [2.05, 4.69) is 28.2 Å². The molecule has 0 aliphatic carbocycles. The van der Waals surface area contributed by atoms with E-state index < -0.39 is 0 Å². The number of benzene rings is 1. The van der Waals surface area contributed by atoms with Crippen LogP contribution in [0.3, 0.4) is 0 Å². The van der Waals surface area contributed by atoms with Crippen LogP contribution in [0.5, 0.6) is 0 Å². The van der Waals surface area contributed by atoms with E-state index in [-0.39, 0.29) is 11.9 Å². The zero-order valence-corrected chi connectivity index (χ0v) is 12.3. The fraction of sp³-hybridized carbons (Fsp3) is 0.500. The van der Waals surface area contributed by atoms with Gasteiger partial charge in [0, 0.05) is 11.4 Å². The van der Waals surface area contributed by atoms with Gasteiger partial charge in [-0.3, -0.25) is 4.79 Å². The van der Waals surface area contributed by atoms with Gasteiger partial charge in [-0.25, -0.2) is 0 Å². The molecule has 0 fully saturated rings. The minimum atomic E-state index is 0.0918. The molecule has 0 aromatic heterocycles. The van der Waals surface area contributed by atoms with Gasteiger partial charge in [0.25, 0.3) is 0 Å². The second-order valence-corrected chi connectivity index (χ2v) is 5.30. The monoisotopic (exact) mass is 297 g/mol. The number of hydrogen-bond acceptors (Lipinski definition) is 1. The molecule has 1 rings (SSSR count). The molecule has 2 unspecified atom stereocenters. The van der Waals surface area contributed by atoms with Crippen molar-refractivity contribution in [3.8, 4) is 0 Å². The normalized spacial score (nSPS) is 14.1. The van der Waals surface area contributed by atoms with Crippen LogP contribution in [0.25, 0.3) is 0 Å². The number of carbonyl (C=O) groups is 1. The third-order valence-corrected chi connectivity index (χ3v) is 3.99. The first-order valence-corrected chi connectivity index (χ1v) is 7.06. The number of halogens is 1. The van der Waals surface area contributed by atoms with Crippen molar-refractivity contribution in [2.24, 2.45) is 5.92 Å². The smallest absolute Gasteiger partial charge is 0.224 e. The maximum Gasteiger partial charge on any atom is 0.224 e. The number of carbonyl (C=O) groups excluding carboxylic acids is 1. The van der Waals surface area contributed by atoms with Crippen molar-refractivity contribution in [2.45, 2.75) is 33.2 Å². The van der Waals surface area contributed by atoms with E-state index in [0.717, 1.165) is 10.9 Å². The SMILES string of the molecule is Cc1ccc(CC(=O)NC(C)C(C)CBr)cc1. The molecular formula is C14H20BrNO. The summed E-state index contributed by atoms with van der Waals surface area (Å²) in [6.07, 6.45) is 0.458. The van der Waals surface area contributed by atoms with E-state index in [1.807, 2.05) is 38.1 Å². The van der Waals surface area contributed by atoms with Gasteiger partial charge in [-0.2, -0.15) is 0 Å². The van der Waals surface area contributed by atoms with E-state index in [9.17, 15) is 4.79 Å². The molecule has 1 amide bonds. The van der Waals surface area contributed by atoms with Gasteiger partial charge < -0.3 is 5.32 Å². The molecule has 2 nitrogen and oxygen atoms in total. The number of nitrogens with one attached hydrogen (secondary N) is 1. The van der Waals surface area contributed by atoms with Gasteiger partial charge in [0.15, 0.2) is 0 Å². The third-order valence-electron chi connectivity index (χ3n) is 2.97. The maximum absolute atomic E-state index is 11.8. The van der Waals surface area contributed by atoms with Crippen LogP contribution in [0.4, 0.5) is 0 Å². The Kier molecular flexibility index (Phi) is 5.69. The molecule has 1 aromatic rings. The van der Waals surface area contributed by atoms with E-state index in [1.54, 1.807) is 0 Å². The summed E-state index contributed by atoms with van der Waals surface area (Å²) in [6.45, 7) is 6.20. The first-order chi connectivity index (χ1) is 8.02. The second kappa shape index (κ2) is 6.80. The summed E-state index contributed by atoms with van der Waals surface area (Å²) in [5, 5.41) is 3.93. The lowest BCUT2D eigenvalue weighted by Gasteiger charge is -2.19. The zero-order valence-electron chi connectivity index (χ0n) is 10.7. The number of alkyl halides is 1. The largest absolute Gasteiger partial charge is 0.353 e. The fourth-order valence-corrected chi connectivity index (χ4v) is 2.03. The molecule has 1 aromatic carbocycles. The Morgan fingerprint density at radius 3 is 2.41 bits per heavy atom. The predicted molar refractivity (Wildman–Crippen MR) is 75.4 cm³/mol. The van der Waals surface area contributed by atoms with Crippen molar-refractivity contribution in [3.05, 3.63) is 35.4 Å². The van der Waals surface area contributed by atoms with E-state index in [4.69, 9.17) is 0 Å². The third kappa shape index (κ3) is 4.90. The molecule has 0 spiro atoms. The molecule has 0 saturated heterocycles. The van der Waals surface area contributed by atoms with Gasteiger partial charge in [-0.15, -0.1) is 0 Å². The Hall–Kier alpha value is -0.830. The summed E-state index contributed by atoms with van der Waals surface area (Å²) >= 11 is 3.43. The summed E-state index contributed by atoms with van der Waals surface area (Å²) in [6, 6.07) is 8.29. The maximum atomic E-state index is 11.8. The lowest BCUT2D eigenvalue weighted by molar-refractivity contribution is -0.121. The molecule has 0 heterocycles. The topological polar surface area (TPSA) is 29.1 Å². The summed E-state index contributed by atoms with van der Waals surface area (Å²) in [4.78, 5) is 11.8. The van der Waals surface area contributed by atoms with Crippen LogP contribution in [0.2, 0.25) is 0 Å². The molecule has 0 radical (unpaired) electrons. The van der Waals surface area contributed by atoms with Crippen molar-refractivity contribution in [3.63, 3.8) is 0 Å². The highest BCUT2D eigenvalue weighted by atomic mass is 79.9. The van der Waals surface area contributed by atoms with Crippen LogP contribution in [0, 0.1) is 12.8 Å². The molecular weight excluding hydrogens is 278 g/mol. The van der Waals surface area contributed by atoms with Crippen LogP contribution in [-0.2, 0) is 11.2 Å². The number of amides is 1. The summed E-state index contributed by atoms with van der Waals surface area (Å²) in [5.41, 5.74) is 2.28. The van der Waals surface area contributed by atoms with Crippen molar-refractivity contribution in [1.29, 1.82) is 0 Å². The van der Waals surface area contributed by atoms with Crippen molar-refractivity contribution in [1.82, 2.24) is 5.32 Å². The van der Waals surface area contributed by atoms with Gasteiger partial charge in [-0.05, 0) is 25.3 Å². The average molecular weight is 298 g/mol. The standard InChI is InChI=1S/C14H20BrNO/c1-10-4-6-13(7-5-10)8-14(17)16-12(3)11(2)9-15/h4-7,11-12H,8-9H2,1-3H3,(H,16,17). The van der Waals surface area contributed by atoms with Crippen LogP contribution in [-0.4, -0.2) is 17.3 Å². The van der Waals surface area contributed by atoms with Gasteiger partial charge in [-0.1, -0.05) is 52.7 Å². The molecule has 2 atom stereocenters. The molecule has 0 aliphatic rings. The second-order valence-electron chi connectivity index (χ2n) is 4.65. The Balaban J connectivity index is 2.47. The first-order valence-electron chi connectivity index (χ1n) is 5.93. The van der Waals surface area contributed by atoms with E-state index in [0.29, 0.717) is 12.3 Å². The Bertz CT molecular complexity index is 361. The Morgan fingerprint density at radius 1 is 1.29 bits per heavy atom. The van der Waals surface area contributed by atoms with Crippen LogP contribution >= 0.6 is 15.9 Å². The molecule has 0 bridgehead atoms. The summed E-state index contributed by atoms with van der Waals surface area (Å²) in [7, 11) is 0. The van der Waals surface area contributed by atoms with Gasteiger partial charge in [0.05, 0.1) is 6.42 Å². The lowest BCUT2D eigenvalue weighted by Crippen LogP contribution is -2.38. The summed E-state index contributed by atoms with van der Waals surface area (Å²) in [5.74, 6) is 0.533. The Labute approximate surface area is 112 Å². The number of aryl methyl sites for hydroxylation is 1. The predicted octanol–water partition coefficient (Wildman–Crippen LogP) is 3.07. The quantitative estimate of drug-likeness (QED) is 0.832. The molecule has 3 heteroatoms. The fourth-order valence-electron chi connectivity index (χ4n) is 1.47. The molecule has 1 N–H and O–H groups in total. The minimum absolute atomic E-state index is 0.0918. The number of hydrogen-bond donors (Lipinski definition) is 1. The molecule has 0 saturated carbocycles. The highest BCUT2D eigenvalue weighted by Gasteiger charge is 2.13. The lowest BCUT2D eigenvalue weighted by atomic mass is 10.1. The van der Waals surface area contributed by atoms with Gasteiger partial charge in [0.2, 0.25) is 5.91 Å². The van der Waals surface area contributed by atoms with Crippen LogP contribution < -0.4 is 5.32 Å². The number of rotatable bonds is 5. The van der Waals surface area contributed by atoms with Crippen LogP contribution in [0.15, 0.2) is 24.3 Å². The van der Waals surface area contributed by atoms with Crippen LogP contribution in [0.1, 0.15) is 25.0 Å². The van der Waals surface area contributed by atoms with Crippen molar-refractivity contribution < 1.29 is 4.79 Å². The molecule has 17 heavy (non-hydrogen) atoms. The average Bonchev–Trinajstić information content (AvgIpc) is 2.30. The first kappa shape index (κ1) is 14.2. The van der Waals surface area contributed by atoms with Crippen molar-refractivity contribution >= 4 is 21.8 Å². The highest BCUT2D eigenvalue weighted by Crippen LogP contribution is 2.07.